The van der Waals surface area contributed by atoms with Gasteiger partial charge in [0.25, 0.3) is 5.91 Å². The van der Waals surface area contributed by atoms with Crippen molar-refractivity contribution in [3.05, 3.63) is 72.1 Å². The van der Waals surface area contributed by atoms with Gasteiger partial charge >= 0.3 is 0 Å². The second kappa shape index (κ2) is 9.28. The van der Waals surface area contributed by atoms with E-state index in [1.165, 1.54) is 23.1 Å². The molecule has 1 aromatic carbocycles. The van der Waals surface area contributed by atoms with E-state index in [-0.39, 0.29) is 18.2 Å². The van der Waals surface area contributed by atoms with Crippen molar-refractivity contribution in [3.63, 3.8) is 0 Å². The molecule has 1 heterocycles. The molecular weight excluding hydrogens is 393 g/mol. The van der Waals surface area contributed by atoms with Crippen LogP contribution in [0.5, 0.6) is 0 Å². The Morgan fingerprint density at radius 1 is 1.24 bits per heavy atom. The van der Waals surface area contributed by atoms with E-state index in [1.807, 2.05) is 0 Å². The number of carbonyl (C=O) groups excluding carboxylic acids is 1. The summed E-state index contributed by atoms with van der Waals surface area (Å²) in [5, 5.41) is 0. The maximum absolute atomic E-state index is 14.2. The smallest absolute Gasteiger partial charge is 0.263 e. The summed E-state index contributed by atoms with van der Waals surface area (Å²) < 4.78 is 42.4. The van der Waals surface area contributed by atoms with Crippen LogP contribution in [0.15, 0.2) is 65.1 Å². The number of aromatic nitrogens is 1. The lowest BCUT2D eigenvalue weighted by Crippen LogP contribution is -2.30. The summed E-state index contributed by atoms with van der Waals surface area (Å²) in [6.45, 7) is 3.39. The zero-order chi connectivity index (χ0) is 20.9. The predicted octanol–water partition coefficient (Wildman–Crippen LogP) is 3.01. The van der Waals surface area contributed by atoms with Gasteiger partial charge in [-0.1, -0.05) is 31.4 Å². The molecule has 0 spiro atoms. The maximum Gasteiger partial charge on any atom is 0.263 e. The number of hydrogen-bond acceptors (Lipinski definition) is 4. The molecule has 0 aliphatic heterocycles. The van der Waals surface area contributed by atoms with Crippen molar-refractivity contribution in [3.8, 4) is 0 Å². The lowest BCUT2D eigenvalue weighted by molar-refractivity contribution is 0.0954. The van der Waals surface area contributed by atoms with Crippen LogP contribution in [-0.4, -0.2) is 31.5 Å². The van der Waals surface area contributed by atoms with Gasteiger partial charge in [-0.15, -0.1) is 6.58 Å². The van der Waals surface area contributed by atoms with Crippen LogP contribution < -0.4 is 10.2 Å². The third kappa shape index (κ3) is 5.07. The number of sulfonamides is 1. The van der Waals surface area contributed by atoms with Crippen molar-refractivity contribution in [2.75, 3.05) is 6.54 Å². The fraction of sp³-hybridized carbons (Fsp3) is 0.333. The first-order valence-corrected chi connectivity index (χ1v) is 11.1. The summed E-state index contributed by atoms with van der Waals surface area (Å²) in [7, 11) is -4.11. The minimum atomic E-state index is -4.11. The molecule has 0 radical (unpaired) electrons. The Hall–Kier alpha value is -2.58. The number of rotatable bonds is 6. The molecule has 1 N–H and O–H groups in total. The highest BCUT2D eigenvalue weighted by atomic mass is 32.2. The van der Waals surface area contributed by atoms with Crippen molar-refractivity contribution in [1.82, 2.24) is 9.29 Å². The van der Waals surface area contributed by atoms with Gasteiger partial charge in [0.1, 0.15) is 16.2 Å². The highest BCUT2D eigenvalue weighted by Crippen LogP contribution is 2.20. The van der Waals surface area contributed by atoms with E-state index in [4.69, 9.17) is 4.99 Å². The van der Waals surface area contributed by atoms with Crippen LogP contribution in [0.3, 0.4) is 0 Å². The lowest BCUT2D eigenvalue weighted by atomic mass is 9.96. The fourth-order valence-corrected chi connectivity index (χ4v) is 4.44. The van der Waals surface area contributed by atoms with Crippen molar-refractivity contribution < 1.29 is 17.6 Å². The lowest BCUT2D eigenvalue weighted by Gasteiger charge is -2.18. The number of pyridine rings is 1. The summed E-state index contributed by atoms with van der Waals surface area (Å²) in [5.74, 6) is -1.40. The van der Waals surface area contributed by atoms with E-state index in [0.29, 0.717) is 5.49 Å². The largest absolute Gasteiger partial charge is 0.268 e. The van der Waals surface area contributed by atoms with E-state index in [9.17, 15) is 17.6 Å². The van der Waals surface area contributed by atoms with Gasteiger partial charge in [0.05, 0.1) is 6.04 Å². The monoisotopic (exact) mass is 417 g/mol. The summed E-state index contributed by atoms with van der Waals surface area (Å²) in [5.41, 5.74) is 0.560. The number of nitrogens with one attached hydrogen (secondary N) is 1. The van der Waals surface area contributed by atoms with E-state index in [2.05, 4.69) is 11.3 Å². The molecule has 154 valence electrons. The minimum Gasteiger partial charge on any atom is -0.268 e. The zero-order valence-corrected chi connectivity index (χ0v) is 16.9. The van der Waals surface area contributed by atoms with Crippen molar-refractivity contribution in [2.45, 2.75) is 43.0 Å². The van der Waals surface area contributed by atoms with Crippen LogP contribution in [0.4, 0.5) is 4.39 Å². The molecule has 1 aromatic heterocycles. The molecule has 29 heavy (non-hydrogen) atoms. The van der Waals surface area contributed by atoms with Crippen LogP contribution in [0.25, 0.3) is 0 Å². The number of benzene rings is 1. The maximum atomic E-state index is 14.2. The Labute approximate surface area is 169 Å². The molecule has 0 amide bonds. The quantitative estimate of drug-likeness (QED) is 0.734. The molecular formula is C21H24FN3O3S. The molecule has 0 unspecified atom stereocenters. The molecule has 1 aliphatic carbocycles. The van der Waals surface area contributed by atoms with E-state index in [0.717, 1.165) is 37.8 Å². The second-order valence-corrected chi connectivity index (χ2v) is 8.68. The summed E-state index contributed by atoms with van der Waals surface area (Å²) in [6.07, 6.45) is 8.33. The summed E-state index contributed by atoms with van der Waals surface area (Å²) in [4.78, 5) is 17.2. The van der Waals surface area contributed by atoms with Crippen LogP contribution in [0.1, 0.15) is 42.5 Å². The molecule has 3 rings (SSSR count). The van der Waals surface area contributed by atoms with Gasteiger partial charge in [-0.05, 0) is 43.2 Å². The first-order chi connectivity index (χ1) is 13.9. The highest BCUT2D eigenvalue weighted by Gasteiger charge is 2.21. The number of hydrogen-bond donors (Lipinski definition) is 1. The molecule has 1 saturated carbocycles. The standard InChI is InChI=1S/C21H24FN3O3S/c1-2-13-23-29(27,28)19-15-16(11-12-18(19)22)21(26)25-14-7-6-10-20(25)24-17-8-4-3-5-9-17/h2,6-7,10-12,14-15,17,23H,1,3-5,8-9,13H2. The van der Waals surface area contributed by atoms with Crippen LogP contribution in [0, 0.1) is 5.82 Å². The molecule has 1 fully saturated rings. The Kier molecular flexibility index (Phi) is 6.76. The Morgan fingerprint density at radius 2 is 2.00 bits per heavy atom. The van der Waals surface area contributed by atoms with Gasteiger partial charge in [0.15, 0.2) is 0 Å². The third-order valence-electron chi connectivity index (χ3n) is 4.83. The third-order valence-corrected chi connectivity index (χ3v) is 6.27. The van der Waals surface area contributed by atoms with E-state index >= 15 is 0 Å². The van der Waals surface area contributed by atoms with Crippen molar-refractivity contribution in [1.29, 1.82) is 0 Å². The predicted molar refractivity (Wildman–Crippen MR) is 108 cm³/mol. The number of carbonyl (C=O) groups is 1. The number of halogens is 1. The van der Waals surface area contributed by atoms with Crippen LogP contribution in [-0.2, 0) is 10.0 Å². The molecule has 8 heteroatoms. The first kappa shape index (κ1) is 21.1. The van der Waals surface area contributed by atoms with Gasteiger partial charge in [-0.25, -0.2) is 17.5 Å². The van der Waals surface area contributed by atoms with Gasteiger partial charge < -0.3 is 0 Å². The number of nitrogens with zero attached hydrogens (tertiary/aromatic N) is 2. The topological polar surface area (TPSA) is 80.5 Å². The van der Waals surface area contributed by atoms with Gasteiger partial charge in [0, 0.05) is 18.3 Å². The Bertz CT molecular complexity index is 1070. The van der Waals surface area contributed by atoms with Crippen molar-refractivity contribution in [2.24, 2.45) is 4.99 Å². The SMILES string of the molecule is C=CCNS(=O)(=O)c1cc(C(=O)n2ccccc2=NC2CCCCC2)ccc1F. The molecule has 2 aromatic rings. The molecule has 1 aliphatic rings. The van der Waals surface area contributed by atoms with Crippen molar-refractivity contribution >= 4 is 15.9 Å². The highest BCUT2D eigenvalue weighted by molar-refractivity contribution is 7.89. The molecule has 6 nitrogen and oxygen atoms in total. The van der Waals surface area contributed by atoms with Gasteiger partial charge in [-0.3, -0.25) is 14.4 Å². The Balaban J connectivity index is 1.99. The average Bonchev–Trinajstić information content (AvgIpc) is 2.73. The molecule has 0 saturated heterocycles. The molecule has 0 atom stereocenters. The average molecular weight is 418 g/mol. The molecule has 0 bridgehead atoms. The Morgan fingerprint density at radius 3 is 2.72 bits per heavy atom. The van der Waals surface area contributed by atoms with Crippen LogP contribution >= 0.6 is 0 Å². The minimum absolute atomic E-state index is 0.0438. The first-order valence-electron chi connectivity index (χ1n) is 9.59. The fourth-order valence-electron chi connectivity index (χ4n) is 3.34. The van der Waals surface area contributed by atoms with Crippen LogP contribution in [0.2, 0.25) is 0 Å². The second-order valence-electron chi connectivity index (χ2n) is 6.94. The zero-order valence-electron chi connectivity index (χ0n) is 16.1. The van der Waals surface area contributed by atoms with E-state index in [1.54, 1.807) is 24.4 Å². The summed E-state index contributed by atoms with van der Waals surface area (Å²) in [6, 6.07) is 8.71. The summed E-state index contributed by atoms with van der Waals surface area (Å²) >= 11 is 0. The van der Waals surface area contributed by atoms with E-state index < -0.39 is 26.6 Å². The van der Waals surface area contributed by atoms with Gasteiger partial charge in [-0.2, -0.15) is 0 Å². The van der Waals surface area contributed by atoms with Gasteiger partial charge in [0.2, 0.25) is 10.0 Å². The normalized spacial score (nSPS) is 16.0.